The van der Waals surface area contributed by atoms with E-state index in [0.29, 0.717) is 22.2 Å². The van der Waals surface area contributed by atoms with Gasteiger partial charge in [0.25, 0.3) is 5.56 Å². The quantitative estimate of drug-likeness (QED) is 0.777. The monoisotopic (exact) mass is 343 g/mol. The van der Waals surface area contributed by atoms with Crippen LogP contribution in [0.2, 0.25) is 0 Å². The largest absolute Gasteiger partial charge is 0.394 e. The molecule has 7 nitrogen and oxygen atoms in total. The summed E-state index contributed by atoms with van der Waals surface area (Å²) in [6.45, 7) is 0.897. The minimum Gasteiger partial charge on any atom is -0.394 e. The van der Waals surface area contributed by atoms with Gasteiger partial charge < -0.3 is 10.0 Å². The lowest BCUT2D eigenvalue weighted by molar-refractivity contribution is 0.239. The van der Waals surface area contributed by atoms with Crippen molar-refractivity contribution in [2.75, 3.05) is 18.1 Å². The molecule has 124 valence electrons. The number of fused-ring (bicyclic) bond motifs is 1. The molecule has 0 saturated carbocycles. The zero-order valence-electron chi connectivity index (χ0n) is 13.0. The first-order chi connectivity index (χ1) is 11.8. The normalized spacial score (nSPS) is 18.2. The fraction of sp³-hybridized carbons (Fsp3) is 0.375. The van der Waals surface area contributed by atoms with E-state index in [1.165, 1.54) is 15.7 Å². The summed E-state index contributed by atoms with van der Waals surface area (Å²) < 4.78 is 1.53. The lowest BCUT2D eigenvalue weighted by Crippen LogP contribution is -2.42. The maximum atomic E-state index is 12.6. The van der Waals surface area contributed by atoms with Gasteiger partial charge in [-0.15, -0.1) is 11.3 Å². The molecule has 3 aromatic heterocycles. The third-order valence-corrected chi connectivity index (χ3v) is 5.13. The van der Waals surface area contributed by atoms with Crippen molar-refractivity contribution in [1.82, 2.24) is 19.4 Å². The number of thiazole rings is 1. The standard InChI is InChI=1S/C16H17N5O2S/c22-10-11-3-1-2-6-20(11)15-17-5-4-13(19-15)12-9-18-16-21(14(12)23)7-8-24-16/h4-5,7-9,11,22H,1-3,6,10H2/t11-/m1/s1. The number of aliphatic hydroxyl groups excluding tert-OH is 1. The van der Waals surface area contributed by atoms with Crippen molar-refractivity contribution in [3.63, 3.8) is 0 Å². The molecule has 4 heterocycles. The molecule has 0 amide bonds. The summed E-state index contributed by atoms with van der Waals surface area (Å²) in [5.74, 6) is 0.557. The number of hydrogen-bond donors (Lipinski definition) is 1. The highest BCUT2D eigenvalue weighted by atomic mass is 32.1. The summed E-state index contributed by atoms with van der Waals surface area (Å²) in [5, 5.41) is 11.4. The second-order valence-corrected chi connectivity index (χ2v) is 6.67. The molecule has 0 aliphatic carbocycles. The number of nitrogens with zero attached hydrogens (tertiary/aromatic N) is 5. The van der Waals surface area contributed by atoms with Gasteiger partial charge in [-0.1, -0.05) is 0 Å². The summed E-state index contributed by atoms with van der Waals surface area (Å²) >= 11 is 1.42. The van der Waals surface area contributed by atoms with Gasteiger partial charge in [-0.25, -0.2) is 15.0 Å². The molecule has 1 atom stereocenters. The van der Waals surface area contributed by atoms with E-state index in [0.717, 1.165) is 25.8 Å². The van der Waals surface area contributed by atoms with Crippen LogP contribution in [0.15, 0.2) is 34.8 Å². The van der Waals surface area contributed by atoms with Crippen LogP contribution in [0.3, 0.4) is 0 Å². The Kier molecular flexibility index (Phi) is 3.99. The fourth-order valence-electron chi connectivity index (χ4n) is 3.09. The van der Waals surface area contributed by atoms with E-state index in [2.05, 4.69) is 15.0 Å². The molecule has 0 bridgehead atoms. The van der Waals surface area contributed by atoms with Crippen molar-refractivity contribution in [3.8, 4) is 11.3 Å². The molecule has 1 aliphatic heterocycles. The summed E-state index contributed by atoms with van der Waals surface area (Å²) in [6.07, 6.45) is 8.02. The molecule has 1 saturated heterocycles. The van der Waals surface area contributed by atoms with Gasteiger partial charge >= 0.3 is 0 Å². The Bertz CT molecular complexity index is 922. The van der Waals surface area contributed by atoms with Crippen molar-refractivity contribution >= 4 is 22.2 Å². The van der Waals surface area contributed by atoms with E-state index in [1.54, 1.807) is 24.7 Å². The van der Waals surface area contributed by atoms with Crippen LogP contribution in [0.25, 0.3) is 16.2 Å². The minimum absolute atomic E-state index is 0.0348. The van der Waals surface area contributed by atoms with Gasteiger partial charge in [0, 0.05) is 30.5 Å². The zero-order valence-corrected chi connectivity index (χ0v) is 13.8. The molecule has 8 heteroatoms. The van der Waals surface area contributed by atoms with Crippen LogP contribution in [0, 0.1) is 0 Å². The smallest absolute Gasteiger partial charge is 0.267 e. The molecule has 3 aromatic rings. The Morgan fingerprint density at radius 3 is 3.12 bits per heavy atom. The van der Waals surface area contributed by atoms with E-state index in [1.807, 2.05) is 10.3 Å². The van der Waals surface area contributed by atoms with Crippen LogP contribution in [-0.2, 0) is 0 Å². The number of piperidine rings is 1. The van der Waals surface area contributed by atoms with Gasteiger partial charge in [0.15, 0.2) is 4.96 Å². The molecular weight excluding hydrogens is 326 g/mol. The van der Waals surface area contributed by atoms with Crippen molar-refractivity contribution < 1.29 is 5.11 Å². The van der Waals surface area contributed by atoms with Gasteiger partial charge in [-0.05, 0) is 25.3 Å². The van der Waals surface area contributed by atoms with Gasteiger partial charge in [0.1, 0.15) is 0 Å². The van der Waals surface area contributed by atoms with Crippen LogP contribution in [0.1, 0.15) is 19.3 Å². The van der Waals surface area contributed by atoms with Crippen LogP contribution in [-0.4, -0.2) is 43.7 Å². The molecule has 1 fully saturated rings. The maximum absolute atomic E-state index is 12.6. The molecule has 0 unspecified atom stereocenters. The SMILES string of the molecule is O=c1c(-c2ccnc(N3CCCC[C@@H]3CO)n2)cnc2sccn12. The van der Waals surface area contributed by atoms with Crippen LogP contribution in [0.5, 0.6) is 0 Å². The Morgan fingerprint density at radius 2 is 2.25 bits per heavy atom. The summed E-state index contributed by atoms with van der Waals surface area (Å²) in [4.78, 5) is 28.5. The first-order valence-corrected chi connectivity index (χ1v) is 8.81. The number of hydrogen-bond acceptors (Lipinski definition) is 7. The van der Waals surface area contributed by atoms with E-state index in [-0.39, 0.29) is 18.2 Å². The third-order valence-electron chi connectivity index (χ3n) is 4.36. The second-order valence-electron chi connectivity index (χ2n) is 5.80. The van der Waals surface area contributed by atoms with E-state index < -0.39 is 0 Å². The average Bonchev–Trinajstić information content (AvgIpc) is 3.12. The lowest BCUT2D eigenvalue weighted by Gasteiger charge is -2.34. The topological polar surface area (TPSA) is 83.6 Å². The van der Waals surface area contributed by atoms with Crippen molar-refractivity contribution in [3.05, 3.63) is 40.4 Å². The highest BCUT2D eigenvalue weighted by Crippen LogP contribution is 2.23. The average molecular weight is 343 g/mol. The van der Waals surface area contributed by atoms with Gasteiger partial charge in [-0.2, -0.15) is 0 Å². The molecule has 0 aromatic carbocycles. The number of rotatable bonds is 3. The fourth-order valence-corrected chi connectivity index (χ4v) is 3.77. The Hall–Kier alpha value is -2.32. The molecular formula is C16H17N5O2S. The van der Waals surface area contributed by atoms with Crippen molar-refractivity contribution in [1.29, 1.82) is 0 Å². The molecule has 24 heavy (non-hydrogen) atoms. The molecule has 4 rings (SSSR count). The highest BCUT2D eigenvalue weighted by molar-refractivity contribution is 7.15. The van der Waals surface area contributed by atoms with Gasteiger partial charge in [0.2, 0.25) is 5.95 Å². The predicted molar refractivity (Wildman–Crippen MR) is 92.4 cm³/mol. The Labute approximate surface area is 142 Å². The lowest BCUT2D eigenvalue weighted by atomic mass is 10.0. The maximum Gasteiger partial charge on any atom is 0.267 e. The molecule has 1 N–H and O–H groups in total. The third kappa shape index (κ3) is 2.57. The van der Waals surface area contributed by atoms with Crippen LogP contribution >= 0.6 is 11.3 Å². The number of anilines is 1. The summed E-state index contributed by atoms with van der Waals surface area (Å²) in [6, 6.07) is 1.76. The van der Waals surface area contributed by atoms with Gasteiger partial charge in [0.05, 0.1) is 23.9 Å². The van der Waals surface area contributed by atoms with E-state index >= 15 is 0 Å². The number of aromatic nitrogens is 4. The Balaban J connectivity index is 1.76. The first-order valence-electron chi connectivity index (χ1n) is 7.93. The van der Waals surface area contributed by atoms with Crippen LogP contribution in [0.4, 0.5) is 5.95 Å². The van der Waals surface area contributed by atoms with Crippen LogP contribution < -0.4 is 10.5 Å². The molecule has 0 radical (unpaired) electrons. The molecule has 0 spiro atoms. The highest BCUT2D eigenvalue weighted by Gasteiger charge is 2.24. The van der Waals surface area contributed by atoms with Gasteiger partial charge in [-0.3, -0.25) is 9.20 Å². The summed E-state index contributed by atoms with van der Waals surface area (Å²) in [7, 11) is 0. The summed E-state index contributed by atoms with van der Waals surface area (Å²) in [5.41, 5.74) is 0.871. The number of aliphatic hydroxyl groups is 1. The van der Waals surface area contributed by atoms with Crippen molar-refractivity contribution in [2.45, 2.75) is 25.3 Å². The predicted octanol–water partition coefficient (Wildman–Crippen LogP) is 1.56. The Morgan fingerprint density at radius 1 is 1.33 bits per heavy atom. The molecule has 1 aliphatic rings. The van der Waals surface area contributed by atoms with Crippen molar-refractivity contribution in [2.24, 2.45) is 0 Å². The minimum atomic E-state index is -0.136. The first kappa shape index (κ1) is 15.2. The van der Waals surface area contributed by atoms with E-state index in [9.17, 15) is 9.90 Å². The second kappa shape index (κ2) is 6.29. The zero-order chi connectivity index (χ0) is 16.5. The van der Waals surface area contributed by atoms with E-state index in [4.69, 9.17) is 0 Å².